The van der Waals surface area contributed by atoms with Gasteiger partial charge in [-0.1, -0.05) is 18.2 Å². The number of furan rings is 1. The smallest absolute Gasteiger partial charge is 0.134 e. The number of nitrogens with one attached hydrogen (secondary N) is 1. The minimum absolute atomic E-state index is 0.645. The van der Waals surface area contributed by atoms with Gasteiger partial charge in [-0.05, 0) is 6.07 Å². The van der Waals surface area contributed by atoms with Gasteiger partial charge in [0.05, 0.1) is 26.1 Å². The summed E-state index contributed by atoms with van der Waals surface area (Å²) in [6, 6.07) is 8.06. The molecule has 18 heavy (non-hydrogen) atoms. The standard InChI is InChI=1S/C14H19NO3/c1-16-8-9-17-7-6-15-10-12-11-18-14-5-3-2-4-13(12)14/h2-5,11,15H,6-10H2,1H3. The fourth-order valence-corrected chi connectivity index (χ4v) is 1.78. The van der Waals surface area contributed by atoms with E-state index in [1.54, 1.807) is 7.11 Å². The number of hydrogen-bond acceptors (Lipinski definition) is 4. The number of benzene rings is 1. The van der Waals surface area contributed by atoms with Crippen molar-refractivity contribution in [2.75, 3.05) is 33.5 Å². The molecule has 1 aromatic carbocycles. The lowest BCUT2D eigenvalue weighted by molar-refractivity contribution is 0.0719. The van der Waals surface area contributed by atoms with E-state index in [4.69, 9.17) is 13.9 Å². The molecule has 0 aliphatic rings. The van der Waals surface area contributed by atoms with Crippen molar-refractivity contribution in [3.05, 3.63) is 36.1 Å². The minimum atomic E-state index is 0.645. The van der Waals surface area contributed by atoms with Crippen molar-refractivity contribution < 1.29 is 13.9 Å². The van der Waals surface area contributed by atoms with E-state index in [9.17, 15) is 0 Å². The molecule has 4 heteroatoms. The molecule has 98 valence electrons. The molecular weight excluding hydrogens is 230 g/mol. The number of rotatable bonds is 8. The molecule has 0 radical (unpaired) electrons. The average Bonchev–Trinajstić information content (AvgIpc) is 2.81. The number of ether oxygens (including phenoxy) is 2. The van der Waals surface area contributed by atoms with Gasteiger partial charge in [0.2, 0.25) is 0 Å². The molecule has 0 saturated heterocycles. The quantitative estimate of drug-likeness (QED) is 0.728. The molecule has 0 fully saturated rings. The third-order valence-electron chi connectivity index (χ3n) is 2.73. The summed E-state index contributed by atoms with van der Waals surface area (Å²) in [5.74, 6) is 0. The summed E-state index contributed by atoms with van der Waals surface area (Å²) in [5, 5.41) is 4.50. The monoisotopic (exact) mass is 249 g/mol. The zero-order valence-corrected chi connectivity index (χ0v) is 10.6. The van der Waals surface area contributed by atoms with Gasteiger partial charge in [0, 0.05) is 31.1 Å². The van der Waals surface area contributed by atoms with E-state index in [-0.39, 0.29) is 0 Å². The van der Waals surface area contributed by atoms with E-state index in [2.05, 4.69) is 11.4 Å². The Morgan fingerprint density at radius 3 is 2.94 bits per heavy atom. The highest BCUT2D eigenvalue weighted by molar-refractivity contribution is 5.80. The van der Waals surface area contributed by atoms with Crippen LogP contribution in [0, 0.1) is 0 Å². The molecule has 0 spiro atoms. The molecule has 0 atom stereocenters. The predicted molar refractivity (Wildman–Crippen MR) is 70.6 cm³/mol. The first kappa shape index (κ1) is 13.1. The zero-order valence-electron chi connectivity index (χ0n) is 10.6. The molecule has 1 N–H and O–H groups in total. The Morgan fingerprint density at radius 1 is 1.17 bits per heavy atom. The molecule has 2 rings (SSSR count). The summed E-state index contributed by atoms with van der Waals surface area (Å²) in [6.07, 6.45) is 1.81. The van der Waals surface area contributed by atoms with Crippen molar-refractivity contribution in [1.82, 2.24) is 5.32 Å². The van der Waals surface area contributed by atoms with Gasteiger partial charge >= 0.3 is 0 Å². The molecular formula is C14H19NO3. The maximum Gasteiger partial charge on any atom is 0.134 e. The predicted octanol–water partition coefficient (Wildman–Crippen LogP) is 2.19. The second kappa shape index (κ2) is 7.16. The van der Waals surface area contributed by atoms with Crippen LogP contribution < -0.4 is 5.32 Å². The molecule has 4 nitrogen and oxygen atoms in total. The van der Waals surface area contributed by atoms with E-state index < -0.39 is 0 Å². The summed E-state index contributed by atoms with van der Waals surface area (Å²) in [6.45, 7) is 3.60. The third-order valence-corrected chi connectivity index (χ3v) is 2.73. The first-order valence-corrected chi connectivity index (χ1v) is 6.14. The van der Waals surface area contributed by atoms with Gasteiger partial charge in [0.15, 0.2) is 0 Å². The molecule has 0 bridgehead atoms. The van der Waals surface area contributed by atoms with Crippen LogP contribution >= 0.6 is 0 Å². The first-order valence-electron chi connectivity index (χ1n) is 6.14. The Kier molecular flexibility index (Phi) is 5.20. The fraction of sp³-hybridized carbons (Fsp3) is 0.429. The zero-order chi connectivity index (χ0) is 12.6. The van der Waals surface area contributed by atoms with Crippen LogP contribution in [0.1, 0.15) is 5.56 Å². The van der Waals surface area contributed by atoms with E-state index in [1.807, 2.05) is 24.5 Å². The molecule has 0 aliphatic heterocycles. The van der Waals surface area contributed by atoms with Crippen LogP contribution in [0.2, 0.25) is 0 Å². The summed E-state index contributed by atoms with van der Waals surface area (Å²) < 4.78 is 15.7. The van der Waals surface area contributed by atoms with E-state index in [0.717, 1.165) is 18.7 Å². The normalized spacial score (nSPS) is 11.2. The second-order valence-corrected chi connectivity index (χ2v) is 4.04. The highest BCUT2D eigenvalue weighted by atomic mass is 16.5. The van der Waals surface area contributed by atoms with Gasteiger partial charge in [0.1, 0.15) is 5.58 Å². The number of hydrogen-bond donors (Lipinski definition) is 1. The number of para-hydroxylation sites is 1. The topological polar surface area (TPSA) is 43.6 Å². The first-order chi connectivity index (χ1) is 8.92. The maximum atomic E-state index is 5.47. The Balaban J connectivity index is 1.70. The Hall–Kier alpha value is -1.36. The van der Waals surface area contributed by atoms with Gasteiger partial charge in [-0.3, -0.25) is 0 Å². The van der Waals surface area contributed by atoms with Gasteiger partial charge in [0.25, 0.3) is 0 Å². The van der Waals surface area contributed by atoms with Crippen LogP contribution in [-0.2, 0) is 16.0 Å². The fourth-order valence-electron chi connectivity index (χ4n) is 1.78. The van der Waals surface area contributed by atoms with Crippen LogP contribution in [-0.4, -0.2) is 33.5 Å². The van der Waals surface area contributed by atoms with Crippen molar-refractivity contribution in [3.63, 3.8) is 0 Å². The highest BCUT2D eigenvalue weighted by Crippen LogP contribution is 2.20. The molecule has 0 saturated carbocycles. The number of fused-ring (bicyclic) bond motifs is 1. The van der Waals surface area contributed by atoms with Crippen molar-refractivity contribution in [2.24, 2.45) is 0 Å². The molecule has 1 heterocycles. The van der Waals surface area contributed by atoms with Crippen LogP contribution in [0.4, 0.5) is 0 Å². The SMILES string of the molecule is COCCOCCNCc1coc2ccccc12. The molecule has 2 aromatic rings. The van der Waals surface area contributed by atoms with Crippen molar-refractivity contribution in [3.8, 4) is 0 Å². The lowest BCUT2D eigenvalue weighted by atomic mass is 10.2. The van der Waals surface area contributed by atoms with Crippen LogP contribution in [0.3, 0.4) is 0 Å². The number of methoxy groups -OCH3 is 1. The molecule has 0 unspecified atom stereocenters. The second-order valence-electron chi connectivity index (χ2n) is 4.04. The maximum absolute atomic E-state index is 5.47. The third kappa shape index (κ3) is 3.57. The molecule has 1 aromatic heterocycles. The lowest BCUT2D eigenvalue weighted by Gasteiger charge is -2.04. The van der Waals surface area contributed by atoms with E-state index in [0.29, 0.717) is 19.8 Å². The van der Waals surface area contributed by atoms with Crippen LogP contribution in [0.15, 0.2) is 34.9 Å². The van der Waals surface area contributed by atoms with E-state index in [1.165, 1.54) is 10.9 Å². The Morgan fingerprint density at radius 2 is 2.06 bits per heavy atom. The van der Waals surface area contributed by atoms with Crippen molar-refractivity contribution in [1.29, 1.82) is 0 Å². The highest BCUT2D eigenvalue weighted by Gasteiger charge is 2.03. The van der Waals surface area contributed by atoms with Gasteiger partial charge in [-0.2, -0.15) is 0 Å². The minimum Gasteiger partial charge on any atom is -0.464 e. The Bertz CT molecular complexity index is 467. The summed E-state index contributed by atoms with van der Waals surface area (Å²) in [5.41, 5.74) is 2.12. The summed E-state index contributed by atoms with van der Waals surface area (Å²) >= 11 is 0. The summed E-state index contributed by atoms with van der Waals surface area (Å²) in [4.78, 5) is 0. The van der Waals surface area contributed by atoms with Crippen LogP contribution in [0.5, 0.6) is 0 Å². The van der Waals surface area contributed by atoms with Crippen LogP contribution in [0.25, 0.3) is 11.0 Å². The molecule has 0 aliphatic carbocycles. The van der Waals surface area contributed by atoms with Gasteiger partial charge in [-0.25, -0.2) is 0 Å². The van der Waals surface area contributed by atoms with Crippen molar-refractivity contribution >= 4 is 11.0 Å². The van der Waals surface area contributed by atoms with Crippen molar-refractivity contribution in [2.45, 2.75) is 6.54 Å². The lowest BCUT2D eigenvalue weighted by Crippen LogP contribution is -2.20. The summed E-state index contributed by atoms with van der Waals surface area (Å²) in [7, 11) is 1.67. The van der Waals surface area contributed by atoms with Gasteiger partial charge < -0.3 is 19.2 Å². The molecule has 0 amide bonds. The van der Waals surface area contributed by atoms with Gasteiger partial charge in [-0.15, -0.1) is 0 Å². The average molecular weight is 249 g/mol. The largest absolute Gasteiger partial charge is 0.464 e. The van der Waals surface area contributed by atoms with E-state index >= 15 is 0 Å². The Labute approximate surface area is 107 Å².